The third-order valence-corrected chi connectivity index (χ3v) is 4.10. The van der Waals surface area contributed by atoms with E-state index in [0.717, 1.165) is 0 Å². The quantitative estimate of drug-likeness (QED) is 0.831. The molecule has 2 aromatic rings. The number of piperidine rings is 1. The summed E-state index contributed by atoms with van der Waals surface area (Å²) in [7, 11) is 2.98. The number of hydrogen-bond donors (Lipinski definition) is 1. The van der Waals surface area contributed by atoms with Crippen LogP contribution in [0.25, 0.3) is 10.9 Å². The number of ether oxygens (including phenoxy) is 2. The first kappa shape index (κ1) is 16.0. The average molecular weight is 331 g/mol. The Morgan fingerprint density at radius 1 is 1.17 bits per heavy atom. The molecule has 1 aromatic carbocycles. The van der Waals surface area contributed by atoms with Crippen LogP contribution < -0.4 is 20.3 Å². The minimum absolute atomic E-state index is 0.187. The summed E-state index contributed by atoms with van der Waals surface area (Å²) in [5.41, 5.74) is 0.103. The fourth-order valence-corrected chi connectivity index (χ4v) is 2.93. The number of aryl methyl sites for hydroxylation is 1. The molecule has 1 aromatic heterocycles. The lowest BCUT2D eigenvalue weighted by Gasteiger charge is -2.24. The Bertz CT molecular complexity index is 903. The highest BCUT2D eigenvalue weighted by Crippen LogP contribution is 2.30. The highest BCUT2D eigenvalue weighted by Gasteiger charge is 2.30. The third-order valence-electron chi connectivity index (χ3n) is 4.10. The molecule has 0 aliphatic carbocycles. The van der Waals surface area contributed by atoms with Crippen molar-refractivity contribution in [1.82, 2.24) is 14.9 Å². The standard InChI is InChI=1S/C16H17N3O5/c1-8-17-10-7-13(24-3)12(23-2)6-9(10)16(22)19(8)11-4-5-14(20)18-15(11)21/h6-7,11H,4-5H2,1-3H3,(H,18,20,21). The molecule has 1 aliphatic rings. The molecule has 0 spiro atoms. The number of amides is 2. The second-order valence-electron chi connectivity index (χ2n) is 5.53. The van der Waals surface area contributed by atoms with E-state index in [1.54, 1.807) is 19.1 Å². The number of benzene rings is 1. The Kier molecular flexibility index (Phi) is 3.96. The van der Waals surface area contributed by atoms with Crippen molar-refractivity contribution in [2.75, 3.05) is 14.2 Å². The summed E-state index contributed by atoms with van der Waals surface area (Å²) in [5, 5.41) is 2.58. The van der Waals surface area contributed by atoms with Crippen molar-refractivity contribution in [2.24, 2.45) is 0 Å². The summed E-state index contributed by atoms with van der Waals surface area (Å²) in [5.74, 6) is 0.451. The minimum Gasteiger partial charge on any atom is -0.493 e. The van der Waals surface area contributed by atoms with Crippen molar-refractivity contribution >= 4 is 22.7 Å². The predicted molar refractivity (Wildman–Crippen MR) is 85.3 cm³/mol. The fraction of sp³-hybridized carbons (Fsp3) is 0.375. The number of methoxy groups -OCH3 is 2. The van der Waals surface area contributed by atoms with Crippen molar-refractivity contribution in [1.29, 1.82) is 0 Å². The van der Waals surface area contributed by atoms with E-state index in [0.29, 0.717) is 28.2 Å². The van der Waals surface area contributed by atoms with E-state index in [9.17, 15) is 14.4 Å². The van der Waals surface area contributed by atoms with Crippen LogP contribution in [-0.2, 0) is 9.59 Å². The maximum Gasteiger partial charge on any atom is 0.262 e. The van der Waals surface area contributed by atoms with E-state index in [4.69, 9.17) is 9.47 Å². The van der Waals surface area contributed by atoms with Crippen LogP contribution in [0.3, 0.4) is 0 Å². The van der Waals surface area contributed by atoms with Crippen molar-refractivity contribution in [3.05, 3.63) is 28.3 Å². The van der Waals surface area contributed by atoms with Gasteiger partial charge in [0.25, 0.3) is 5.56 Å². The molecule has 2 amide bonds. The first-order chi connectivity index (χ1) is 11.5. The topological polar surface area (TPSA) is 99.5 Å². The molecule has 1 fully saturated rings. The Labute approximate surface area is 137 Å². The van der Waals surface area contributed by atoms with Gasteiger partial charge in [-0.15, -0.1) is 0 Å². The first-order valence-electron chi connectivity index (χ1n) is 7.44. The minimum atomic E-state index is -0.750. The van der Waals surface area contributed by atoms with Gasteiger partial charge in [0.1, 0.15) is 11.9 Å². The number of hydrogen-bond acceptors (Lipinski definition) is 6. The van der Waals surface area contributed by atoms with E-state index in [2.05, 4.69) is 10.3 Å². The van der Waals surface area contributed by atoms with Gasteiger partial charge in [0.05, 0.1) is 25.1 Å². The van der Waals surface area contributed by atoms with E-state index < -0.39 is 11.9 Å². The summed E-state index contributed by atoms with van der Waals surface area (Å²) in [4.78, 5) is 40.7. The zero-order chi connectivity index (χ0) is 17.4. The van der Waals surface area contributed by atoms with Crippen LogP contribution in [-0.4, -0.2) is 35.6 Å². The molecular formula is C16H17N3O5. The van der Waals surface area contributed by atoms with Crippen LogP contribution in [0.1, 0.15) is 24.7 Å². The van der Waals surface area contributed by atoms with Crippen LogP contribution in [0.2, 0.25) is 0 Å². The molecule has 3 rings (SSSR count). The van der Waals surface area contributed by atoms with E-state index in [1.807, 2.05) is 0 Å². The van der Waals surface area contributed by atoms with Crippen molar-refractivity contribution in [3.8, 4) is 11.5 Å². The maximum atomic E-state index is 12.9. The number of nitrogens with zero attached hydrogens (tertiary/aromatic N) is 2. The lowest BCUT2D eigenvalue weighted by Crippen LogP contribution is -2.45. The highest BCUT2D eigenvalue weighted by atomic mass is 16.5. The number of fused-ring (bicyclic) bond motifs is 1. The Morgan fingerprint density at radius 3 is 2.46 bits per heavy atom. The molecular weight excluding hydrogens is 314 g/mol. The molecule has 1 saturated heterocycles. The molecule has 8 nitrogen and oxygen atoms in total. The van der Waals surface area contributed by atoms with Gasteiger partial charge < -0.3 is 9.47 Å². The van der Waals surface area contributed by atoms with Crippen LogP contribution in [0.4, 0.5) is 0 Å². The van der Waals surface area contributed by atoms with Crippen LogP contribution in [0, 0.1) is 6.92 Å². The predicted octanol–water partition coefficient (Wildman–Crippen LogP) is 0.700. The van der Waals surface area contributed by atoms with Gasteiger partial charge in [-0.1, -0.05) is 0 Å². The number of carbonyl (C=O) groups excluding carboxylic acids is 2. The number of aromatic nitrogens is 2. The second kappa shape index (κ2) is 5.95. The van der Waals surface area contributed by atoms with Gasteiger partial charge in [0.15, 0.2) is 11.5 Å². The SMILES string of the molecule is COc1cc2nc(C)n(C3CCC(=O)NC3=O)c(=O)c2cc1OC. The number of nitrogens with one attached hydrogen (secondary N) is 1. The normalized spacial score (nSPS) is 17.7. The molecule has 24 heavy (non-hydrogen) atoms. The molecule has 2 heterocycles. The summed E-state index contributed by atoms with van der Waals surface area (Å²) in [6.07, 6.45) is 0.456. The molecule has 1 atom stereocenters. The average Bonchev–Trinajstić information content (AvgIpc) is 2.55. The molecule has 1 N–H and O–H groups in total. The molecule has 1 unspecified atom stereocenters. The lowest BCUT2D eigenvalue weighted by atomic mass is 10.1. The van der Waals surface area contributed by atoms with Gasteiger partial charge >= 0.3 is 0 Å². The second-order valence-corrected chi connectivity index (χ2v) is 5.53. The number of imide groups is 1. The van der Waals surface area contributed by atoms with Crippen LogP contribution in [0.15, 0.2) is 16.9 Å². The van der Waals surface area contributed by atoms with Gasteiger partial charge in [-0.2, -0.15) is 0 Å². The van der Waals surface area contributed by atoms with Gasteiger partial charge in [-0.05, 0) is 19.4 Å². The van der Waals surface area contributed by atoms with E-state index in [-0.39, 0.29) is 24.3 Å². The largest absolute Gasteiger partial charge is 0.493 e. The summed E-state index contributed by atoms with van der Waals surface area (Å²) < 4.78 is 11.8. The third kappa shape index (κ3) is 2.49. The van der Waals surface area contributed by atoms with Crippen LogP contribution in [0.5, 0.6) is 11.5 Å². The summed E-state index contributed by atoms with van der Waals surface area (Å²) in [6, 6.07) is 2.42. The molecule has 0 bridgehead atoms. The van der Waals surface area contributed by atoms with Gasteiger partial charge in [-0.3, -0.25) is 24.3 Å². The first-order valence-corrected chi connectivity index (χ1v) is 7.44. The van der Waals surface area contributed by atoms with E-state index >= 15 is 0 Å². The molecule has 0 radical (unpaired) electrons. The van der Waals surface area contributed by atoms with E-state index in [1.165, 1.54) is 18.8 Å². The molecule has 8 heteroatoms. The Balaban J connectivity index is 2.21. The summed E-state index contributed by atoms with van der Waals surface area (Å²) >= 11 is 0. The van der Waals surface area contributed by atoms with Crippen molar-refractivity contribution in [2.45, 2.75) is 25.8 Å². The zero-order valence-corrected chi connectivity index (χ0v) is 13.6. The molecule has 1 aliphatic heterocycles. The smallest absolute Gasteiger partial charge is 0.262 e. The van der Waals surface area contributed by atoms with Gasteiger partial charge in [-0.25, -0.2) is 4.98 Å². The Hall–Kier alpha value is -2.90. The molecule has 126 valence electrons. The summed E-state index contributed by atoms with van der Waals surface area (Å²) in [6.45, 7) is 1.65. The van der Waals surface area contributed by atoms with Gasteiger partial charge in [0, 0.05) is 12.5 Å². The Morgan fingerprint density at radius 2 is 1.83 bits per heavy atom. The molecule has 0 saturated carbocycles. The zero-order valence-electron chi connectivity index (χ0n) is 13.6. The monoisotopic (exact) mass is 331 g/mol. The van der Waals surface area contributed by atoms with Crippen molar-refractivity contribution in [3.63, 3.8) is 0 Å². The highest BCUT2D eigenvalue weighted by molar-refractivity contribution is 5.99. The van der Waals surface area contributed by atoms with Crippen LogP contribution >= 0.6 is 0 Å². The maximum absolute atomic E-state index is 12.9. The number of rotatable bonds is 3. The fourth-order valence-electron chi connectivity index (χ4n) is 2.93. The van der Waals surface area contributed by atoms with Gasteiger partial charge in [0.2, 0.25) is 11.8 Å². The lowest BCUT2D eigenvalue weighted by molar-refractivity contribution is -0.135. The van der Waals surface area contributed by atoms with Crippen molar-refractivity contribution < 1.29 is 19.1 Å². The number of carbonyl (C=O) groups is 2.